The summed E-state index contributed by atoms with van der Waals surface area (Å²) in [5.41, 5.74) is 6.81. The molecule has 2 rings (SSSR count). The van der Waals surface area contributed by atoms with Gasteiger partial charge in [0, 0.05) is 11.4 Å². The number of terminal acetylenes is 1. The SMILES string of the molecule is C#CC(C)(C)NC(=O)c1ccc(C(F)(F)F)cc1N.Nc1cc(C(F)(F)F)ccc1C(=O)O. The molecule has 0 atom stereocenters. The number of carboxylic acid groups (broad SMARTS) is 1. The highest BCUT2D eigenvalue weighted by Gasteiger charge is 2.32. The van der Waals surface area contributed by atoms with E-state index < -0.39 is 46.6 Å². The van der Waals surface area contributed by atoms with Gasteiger partial charge in [-0.3, -0.25) is 4.79 Å². The Kier molecular flexibility index (Phi) is 8.00. The van der Waals surface area contributed by atoms with Crippen molar-refractivity contribution in [3.05, 3.63) is 58.7 Å². The lowest BCUT2D eigenvalue weighted by molar-refractivity contribution is -0.138. The Labute approximate surface area is 184 Å². The molecule has 0 bridgehead atoms. The van der Waals surface area contributed by atoms with Crippen molar-refractivity contribution in [1.29, 1.82) is 0 Å². The molecule has 12 heteroatoms. The molecule has 178 valence electrons. The zero-order chi connectivity index (χ0) is 25.8. The number of carboxylic acids is 1. The number of benzene rings is 2. The number of aromatic carboxylic acids is 1. The summed E-state index contributed by atoms with van der Waals surface area (Å²) in [5.74, 6) is 0.377. The molecule has 0 radical (unpaired) electrons. The lowest BCUT2D eigenvalue weighted by Crippen LogP contribution is -2.42. The van der Waals surface area contributed by atoms with Crippen LogP contribution in [-0.4, -0.2) is 22.5 Å². The molecule has 6 N–H and O–H groups in total. The van der Waals surface area contributed by atoms with Crippen LogP contribution < -0.4 is 16.8 Å². The van der Waals surface area contributed by atoms with Crippen molar-refractivity contribution in [2.75, 3.05) is 11.5 Å². The monoisotopic (exact) mass is 475 g/mol. The van der Waals surface area contributed by atoms with Crippen LogP contribution in [0, 0.1) is 12.3 Å². The maximum Gasteiger partial charge on any atom is 0.416 e. The van der Waals surface area contributed by atoms with E-state index in [9.17, 15) is 35.9 Å². The summed E-state index contributed by atoms with van der Waals surface area (Å²) < 4.78 is 73.6. The number of carbonyl (C=O) groups excluding carboxylic acids is 1. The standard InChI is InChI=1S/C13H13F3N2O.C8H6F3NO2/c1-4-12(2,3)18-11(19)9-6-5-8(7-10(9)17)13(14,15)16;9-8(10,11)4-1-2-5(7(13)14)6(12)3-4/h1,5-7H,17H2,2-3H3,(H,18,19);1-3H,12H2,(H,13,14). The van der Waals surface area contributed by atoms with E-state index in [2.05, 4.69) is 11.2 Å². The van der Waals surface area contributed by atoms with Gasteiger partial charge in [0.2, 0.25) is 0 Å². The molecule has 0 aliphatic rings. The van der Waals surface area contributed by atoms with Gasteiger partial charge in [-0.2, -0.15) is 26.3 Å². The van der Waals surface area contributed by atoms with Gasteiger partial charge < -0.3 is 21.9 Å². The molecule has 0 aliphatic heterocycles. The summed E-state index contributed by atoms with van der Waals surface area (Å²) in [5, 5.41) is 11.0. The molecule has 0 aromatic heterocycles. The first-order chi connectivity index (χ1) is 14.9. The fourth-order valence-corrected chi connectivity index (χ4v) is 2.27. The zero-order valence-corrected chi connectivity index (χ0v) is 17.2. The highest BCUT2D eigenvalue weighted by atomic mass is 19.4. The Morgan fingerprint density at radius 3 is 1.58 bits per heavy atom. The Balaban J connectivity index is 0.000000346. The average molecular weight is 475 g/mol. The van der Waals surface area contributed by atoms with E-state index in [1.807, 2.05) is 0 Å². The number of hydrogen-bond donors (Lipinski definition) is 4. The number of nitrogen functional groups attached to an aromatic ring is 2. The van der Waals surface area contributed by atoms with Crippen LogP contribution in [0.5, 0.6) is 0 Å². The molecule has 0 unspecified atom stereocenters. The second-order valence-electron chi connectivity index (χ2n) is 7.13. The zero-order valence-electron chi connectivity index (χ0n) is 17.2. The molecule has 33 heavy (non-hydrogen) atoms. The van der Waals surface area contributed by atoms with E-state index in [1.165, 1.54) is 0 Å². The maximum atomic E-state index is 12.4. The van der Waals surface area contributed by atoms with E-state index in [0.717, 1.165) is 24.3 Å². The van der Waals surface area contributed by atoms with Crippen LogP contribution in [0.2, 0.25) is 0 Å². The highest BCUT2D eigenvalue weighted by molar-refractivity contribution is 5.99. The van der Waals surface area contributed by atoms with Crippen LogP contribution in [0.4, 0.5) is 37.7 Å². The molecule has 0 spiro atoms. The lowest BCUT2D eigenvalue weighted by atomic mass is 10.0. The Morgan fingerprint density at radius 1 is 0.879 bits per heavy atom. The number of carbonyl (C=O) groups is 2. The van der Waals surface area contributed by atoms with Gasteiger partial charge in [0.15, 0.2) is 0 Å². The third kappa shape index (κ3) is 7.64. The Morgan fingerprint density at radius 2 is 1.27 bits per heavy atom. The summed E-state index contributed by atoms with van der Waals surface area (Å²) in [6, 6.07) is 4.66. The van der Waals surface area contributed by atoms with E-state index in [1.54, 1.807) is 13.8 Å². The van der Waals surface area contributed by atoms with Crippen molar-refractivity contribution in [2.45, 2.75) is 31.7 Å². The number of alkyl halides is 6. The summed E-state index contributed by atoms with van der Waals surface area (Å²) in [6.07, 6.45) is -3.80. The van der Waals surface area contributed by atoms with Crippen molar-refractivity contribution in [3.8, 4) is 12.3 Å². The second-order valence-corrected chi connectivity index (χ2v) is 7.13. The summed E-state index contributed by atoms with van der Waals surface area (Å²) in [6.45, 7) is 3.18. The van der Waals surface area contributed by atoms with E-state index in [0.29, 0.717) is 12.1 Å². The fourth-order valence-electron chi connectivity index (χ4n) is 2.27. The number of hydrogen-bond acceptors (Lipinski definition) is 4. The number of rotatable bonds is 3. The molecule has 0 aliphatic carbocycles. The van der Waals surface area contributed by atoms with Crippen LogP contribution in [-0.2, 0) is 12.4 Å². The molecule has 0 fully saturated rings. The third-order valence-corrected chi connectivity index (χ3v) is 4.02. The Hall–Kier alpha value is -3.88. The number of amides is 1. The first-order valence-electron chi connectivity index (χ1n) is 8.86. The van der Waals surface area contributed by atoms with Crippen molar-refractivity contribution in [1.82, 2.24) is 5.32 Å². The fraction of sp³-hybridized carbons (Fsp3) is 0.238. The van der Waals surface area contributed by atoms with Crippen molar-refractivity contribution in [2.24, 2.45) is 0 Å². The smallest absolute Gasteiger partial charge is 0.416 e. The Bertz CT molecular complexity index is 1090. The van der Waals surface area contributed by atoms with Crippen LogP contribution >= 0.6 is 0 Å². The molecule has 0 heterocycles. The topological polar surface area (TPSA) is 118 Å². The summed E-state index contributed by atoms with van der Waals surface area (Å²) >= 11 is 0. The quantitative estimate of drug-likeness (QED) is 0.298. The normalized spacial score (nSPS) is 11.6. The van der Waals surface area contributed by atoms with E-state index >= 15 is 0 Å². The van der Waals surface area contributed by atoms with Crippen LogP contribution in [0.15, 0.2) is 36.4 Å². The molecule has 0 saturated carbocycles. The van der Waals surface area contributed by atoms with Crippen molar-refractivity contribution in [3.63, 3.8) is 0 Å². The molecule has 2 aromatic carbocycles. The summed E-state index contributed by atoms with van der Waals surface area (Å²) in [7, 11) is 0. The van der Waals surface area contributed by atoms with Gasteiger partial charge in [-0.25, -0.2) is 4.79 Å². The molecule has 2 aromatic rings. The predicted molar refractivity (Wildman–Crippen MR) is 109 cm³/mol. The van der Waals surface area contributed by atoms with Crippen LogP contribution in [0.1, 0.15) is 45.7 Å². The largest absolute Gasteiger partial charge is 0.478 e. The molecule has 1 amide bonds. The van der Waals surface area contributed by atoms with Crippen molar-refractivity contribution < 1.29 is 41.0 Å². The molecular formula is C21H19F6N3O3. The van der Waals surface area contributed by atoms with Gasteiger partial charge in [-0.15, -0.1) is 6.42 Å². The molecular weight excluding hydrogens is 456 g/mol. The summed E-state index contributed by atoms with van der Waals surface area (Å²) in [4.78, 5) is 22.3. The van der Waals surface area contributed by atoms with Crippen LogP contribution in [0.25, 0.3) is 0 Å². The second kappa shape index (κ2) is 9.72. The third-order valence-electron chi connectivity index (χ3n) is 4.02. The molecule has 6 nitrogen and oxygen atoms in total. The average Bonchev–Trinajstić information content (AvgIpc) is 2.66. The van der Waals surface area contributed by atoms with Gasteiger partial charge >= 0.3 is 18.3 Å². The molecule has 0 saturated heterocycles. The van der Waals surface area contributed by atoms with Gasteiger partial charge in [0.25, 0.3) is 5.91 Å². The minimum atomic E-state index is -4.51. The van der Waals surface area contributed by atoms with Gasteiger partial charge in [-0.05, 0) is 50.2 Å². The number of halogens is 6. The van der Waals surface area contributed by atoms with Gasteiger partial charge in [-0.1, -0.05) is 5.92 Å². The van der Waals surface area contributed by atoms with Gasteiger partial charge in [0.05, 0.1) is 27.8 Å². The number of nitrogens with two attached hydrogens (primary N) is 2. The van der Waals surface area contributed by atoms with E-state index in [-0.39, 0.29) is 16.8 Å². The highest BCUT2D eigenvalue weighted by Crippen LogP contribution is 2.32. The minimum Gasteiger partial charge on any atom is -0.478 e. The predicted octanol–water partition coefficient (Wildman–Crippen LogP) is 4.42. The van der Waals surface area contributed by atoms with Gasteiger partial charge in [0.1, 0.15) is 0 Å². The minimum absolute atomic E-state index is 0.0451. The maximum absolute atomic E-state index is 12.4. The van der Waals surface area contributed by atoms with Crippen LogP contribution in [0.3, 0.4) is 0 Å². The van der Waals surface area contributed by atoms with E-state index in [4.69, 9.17) is 23.0 Å². The van der Waals surface area contributed by atoms with Crippen molar-refractivity contribution >= 4 is 23.3 Å². The lowest BCUT2D eigenvalue weighted by Gasteiger charge is -2.20. The first kappa shape index (κ1) is 27.2. The number of anilines is 2. The first-order valence-corrected chi connectivity index (χ1v) is 8.86. The number of nitrogens with one attached hydrogen (secondary N) is 1.